The Bertz CT molecular complexity index is 1650. The molecular weight excluding hydrogens is 514 g/mol. The number of pyridine rings is 1. The van der Waals surface area contributed by atoms with Gasteiger partial charge in [0.25, 0.3) is 0 Å². The zero-order valence-corrected chi connectivity index (χ0v) is 21.9. The number of Topliss-reactive ketones (excluding diaryl/α,β-unsaturated/α-hetero) is 2. The lowest BCUT2D eigenvalue weighted by atomic mass is 9.55. The van der Waals surface area contributed by atoms with Gasteiger partial charge in [-0.05, 0) is 62.2 Å². The van der Waals surface area contributed by atoms with Crippen LogP contribution < -0.4 is 5.73 Å². The number of phenolic OH excluding ortho intramolecular Hbond substituents is 1. The topological polar surface area (TPSA) is 174 Å². The molecule has 10 heteroatoms. The van der Waals surface area contributed by atoms with Gasteiger partial charge >= 0.3 is 0 Å². The lowest BCUT2D eigenvalue weighted by molar-refractivity contribution is -0.178. The maximum absolute atomic E-state index is 13.9. The molecule has 3 aliphatic rings. The van der Waals surface area contributed by atoms with Gasteiger partial charge in [-0.2, -0.15) is 0 Å². The average Bonchev–Trinajstić information content (AvgIpc) is 2.90. The van der Waals surface area contributed by atoms with E-state index in [4.69, 9.17) is 5.73 Å². The molecule has 0 aliphatic heterocycles. The summed E-state index contributed by atoms with van der Waals surface area (Å²) in [5.74, 6) is -7.58. The highest BCUT2D eigenvalue weighted by atomic mass is 16.3. The molecule has 0 radical (unpaired) electrons. The number of aromatic hydroxyl groups is 1. The number of benzene rings is 2. The summed E-state index contributed by atoms with van der Waals surface area (Å²) in [5, 5.41) is 45.9. The maximum atomic E-state index is 13.9. The molecule has 3 aromatic rings. The van der Waals surface area contributed by atoms with Crippen molar-refractivity contribution in [2.45, 2.75) is 30.6 Å². The van der Waals surface area contributed by atoms with Crippen LogP contribution in [0.15, 0.2) is 60.0 Å². The van der Waals surface area contributed by atoms with Gasteiger partial charge in [0.1, 0.15) is 17.4 Å². The van der Waals surface area contributed by atoms with E-state index >= 15 is 0 Å². The van der Waals surface area contributed by atoms with Crippen LogP contribution in [0.4, 0.5) is 0 Å². The number of para-hydroxylation sites is 1. The first-order valence-electron chi connectivity index (χ1n) is 13.1. The number of ketones is 2. The normalized spacial score (nSPS) is 29.8. The molecule has 0 bridgehead atoms. The summed E-state index contributed by atoms with van der Waals surface area (Å²) in [6.07, 6.45) is 0.454. The predicted octanol–water partition coefficient (Wildman–Crippen LogP) is 1.50. The first-order valence-corrected chi connectivity index (χ1v) is 13.1. The molecule has 0 saturated heterocycles. The molecule has 1 heterocycles. The lowest BCUT2D eigenvalue weighted by Gasteiger charge is -2.53. The fourth-order valence-electron chi connectivity index (χ4n) is 7.09. The van der Waals surface area contributed by atoms with E-state index in [2.05, 4.69) is 4.98 Å². The van der Waals surface area contributed by atoms with Crippen LogP contribution in [-0.2, 0) is 16.0 Å². The zero-order valence-electron chi connectivity index (χ0n) is 21.9. The van der Waals surface area contributed by atoms with E-state index in [0.717, 1.165) is 16.5 Å². The summed E-state index contributed by atoms with van der Waals surface area (Å²) < 4.78 is 0. The van der Waals surface area contributed by atoms with Gasteiger partial charge in [0.2, 0.25) is 5.91 Å². The molecular formula is C30H29N3O7. The number of aromatic nitrogens is 1. The van der Waals surface area contributed by atoms with E-state index in [0.29, 0.717) is 11.1 Å². The zero-order chi connectivity index (χ0) is 28.7. The van der Waals surface area contributed by atoms with E-state index in [1.54, 1.807) is 31.3 Å². The van der Waals surface area contributed by atoms with Gasteiger partial charge in [-0.25, -0.2) is 0 Å². The standard InChI is InChI=1S/C30H29N3O7/c1-33(2)24-18-11-14-10-17-16(15-9-13-5-3-4-6-19(13)32-12-15)7-8-20(34)22(17)25(35)21(14)27(37)30(18,40)28(38)23(26(24)36)29(31)39/h3-9,12,14,18,23-24,26,34,36-37,40H,10-11H2,1-2H3,(H2,31,39)/t14-,18-,23?,24-,26?,30-/m0/s1. The molecule has 6 N–H and O–H groups in total. The highest BCUT2D eigenvalue weighted by molar-refractivity contribution is 6.16. The van der Waals surface area contributed by atoms with Crippen molar-refractivity contribution in [2.24, 2.45) is 23.5 Å². The number of hydrogen-bond donors (Lipinski definition) is 5. The third-order valence-electron chi connectivity index (χ3n) is 8.88. The van der Waals surface area contributed by atoms with Gasteiger partial charge in [0.15, 0.2) is 17.2 Å². The van der Waals surface area contributed by atoms with Crippen LogP contribution in [0.1, 0.15) is 22.3 Å². The molecule has 206 valence electrons. The predicted molar refractivity (Wildman–Crippen MR) is 144 cm³/mol. The van der Waals surface area contributed by atoms with Gasteiger partial charge in [-0.3, -0.25) is 19.4 Å². The molecule has 2 aromatic carbocycles. The third-order valence-corrected chi connectivity index (χ3v) is 8.88. The number of aliphatic hydroxyl groups is 3. The second-order valence-electron chi connectivity index (χ2n) is 11.2. The number of carbonyl (C=O) groups excluding carboxylic acids is 3. The summed E-state index contributed by atoms with van der Waals surface area (Å²) in [4.78, 5) is 45.7. The maximum Gasteiger partial charge on any atom is 0.230 e. The number of carbonyl (C=O) groups is 3. The minimum atomic E-state index is -2.61. The van der Waals surface area contributed by atoms with Crippen molar-refractivity contribution in [3.8, 4) is 16.9 Å². The number of rotatable bonds is 3. The Morgan fingerprint density at radius 2 is 1.85 bits per heavy atom. The Morgan fingerprint density at radius 3 is 2.55 bits per heavy atom. The van der Waals surface area contributed by atoms with Crippen LogP contribution in [0.2, 0.25) is 0 Å². The van der Waals surface area contributed by atoms with Crippen LogP contribution in [-0.4, -0.2) is 79.6 Å². The highest BCUT2D eigenvalue weighted by Gasteiger charge is 2.66. The quantitative estimate of drug-likeness (QED) is 0.307. The minimum absolute atomic E-state index is 0.0237. The molecule has 1 amide bonds. The summed E-state index contributed by atoms with van der Waals surface area (Å²) in [6.45, 7) is 0. The molecule has 1 saturated carbocycles. The number of amides is 1. The summed E-state index contributed by atoms with van der Waals surface area (Å²) in [7, 11) is 3.26. The van der Waals surface area contributed by atoms with Crippen molar-refractivity contribution in [1.82, 2.24) is 9.88 Å². The SMILES string of the molecule is CN(C)[C@@H]1C(O)C(C(N)=O)C(=O)[C@@]2(O)C(O)=C3C(=O)c4c(O)ccc(-c5cnc6ccccc6c5)c4C[C@H]3C[C@@H]12. The Morgan fingerprint density at radius 1 is 1.12 bits per heavy atom. The largest absolute Gasteiger partial charge is 0.508 e. The van der Waals surface area contributed by atoms with Crippen molar-refractivity contribution in [3.63, 3.8) is 0 Å². The van der Waals surface area contributed by atoms with Crippen molar-refractivity contribution in [1.29, 1.82) is 0 Å². The number of allylic oxidation sites excluding steroid dienone is 1. The molecule has 2 unspecified atom stereocenters. The average molecular weight is 544 g/mol. The van der Waals surface area contributed by atoms with Crippen LogP contribution in [0.3, 0.4) is 0 Å². The first-order chi connectivity index (χ1) is 19.0. The Labute approximate surface area is 229 Å². The Hall–Kier alpha value is -4.12. The lowest BCUT2D eigenvalue weighted by Crippen LogP contribution is -2.71. The number of aliphatic hydroxyl groups excluding tert-OH is 2. The molecule has 6 rings (SSSR count). The summed E-state index contributed by atoms with van der Waals surface area (Å²) >= 11 is 0. The van der Waals surface area contributed by atoms with E-state index < -0.39 is 58.7 Å². The van der Waals surface area contributed by atoms with Gasteiger partial charge < -0.3 is 31.1 Å². The molecule has 1 aromatic heterocycles. The summed E-state index contributed by atoms with van der Waals surface area (Å²) in [5.41, 5.74) is 5.42. The fraction of sp³-hybridized carbons (Fsp3) is 0.333. The van der Waals surface area contributed by atoms with Gasteiger partial charge in [0, 0.05) is 34.7 Å². The number of fused-ring (bicyclic) bond motifs is 4. The first kappa shape index (κ1) is 26.1. The number of phenols is 1. The van der Waals surface area contributed by atoms with Crippen molar-refractivity contribution >= 4 is 28.4 Å². The van der Waals surface area contributed by atoms with Gasteiger partial charge in [-0.15, -0.1) is 0 Å². The highest BCUT2D eigenvalue weighted by Crippen LogP contribution is 2.53. The minimum Gasteiger partial charge on any atom is -0.508 e. The van der Waals surface area contributed by atoms with E-state index in [1.165, 1.54) is 6.07 Å². The molecule has 6 atom stereocenters. The number of likely N-dealkylation sites (N-methyl/N-ethyl adjacent to an activating group) is 1. The second-order valence-corrected chi connectivity index (χ2v) is 11.2. The number of nitrogens with zero attached hydrogens (tertiary/aromatic N) is 2. The second kappa shape index (κ2) is 8.95. The van der Waals surface area contributed by atoms with Gasteiger partial charge in [-0.1, -0.05) is 24.3 Å². The van der Waals surface area contributed by atoms with Crippen LogP contribution >= 0.6 is 0 Å². The number of hydrogen-bond acceptors (Lipinski definition) is 9. The summed E-state index contributed by atoms with van der Waals surface area (Å²) in [6, 6.07) is 11.7. The van der Waals surface area contributed by atoms with E-state index in [9.17, 15) is 34.8 Å². The number of nitrogens with two attached hydrogens (primary N) is 1. The Kier molecular flexibility index (Phi) is 5.85. The van der Waals surface area contributed by atoms with Gasteiger partial charge in [0.05, 0.1) is 17.2 Å². The van der Waals surface area contributed by atoms with Crippen LogP contribution in [0, 0.1) is 17.8 Å². The van der Waals surface area contributed by atoms with Crippen molar-refractivity contribution in [2.75, 3.05) is 14.1 Å². The monoisotopic (exact) mass is 543 g/mol. The Balaban J connectivity index is 1.53. The molecule has 10 nitrogen and oxygen atoms in total. The fourth-order valence-corrected chi connectivity index (χ4v) is 7.09. The van der Waals surface area contributed by atoms with E-state index in [1.807, 2.05) is 30.3 Å². The van der Waals surface area contributed by atoms with Crippen molar-refractivity contribution < 1.29 is 34.8 Å². The molecule has 40 heavy (non-hydrogen) atoms. The third kappa shape index (κ3) is 3.46. The molecule has 0 spiro atoms. The van der Waals surface area contributed by atoms with Crippen LogP contribution in [0.25, 0.3) is 22.0 Å². The van der Waals surface area contributed by atoms with Crippen molar-refractivity contribution in [3.05, 3.63) is 71.1 Å². The smallest absolute Gasteiger partial charge is 0.230 e. The number of primary amides is 1. The molecule has 3 aliphatic carbocycles. The molecule has 1 fully saturated rings. The van der Waals surface area contributed by atoms with Crippen LogP contribution in [0.5, 0.6) is 5.75 Å². The van der Waals surface area contributed by atoms with E-state index in [-0.39, 0.29) is 29.7 Å².